The van der Waals surface area contributed by atoms with Crippen molar-refractivity contribution in [1.82, 2.24) is 25.1 Å². The quantitative estimate of drug-likeness (QED) is 0.770. The number of anilines is 1. The molecule has 2 N–H and O–H groups in total. The van der Waals surface area contributed by atoms with Crippen LogP contribution in [0, 0.1) is 12.7 Å². The molecule has 8 heteroatoms. The van der Waals surface area contributed by atoms with E-state index in [1.165, 1.54) is 24.5 Å². The average Bonchev–Trinajstić information content (AvgIpc) is 2.97. The smallest absolute Gasteiger partial charge is 0.278 e. The number of aryl methyl sites for hydroxylation is 1. The first-order valence-electron chi connectivity index (χ1n) is 6.40. The van der Waals surface area contributed by atoms with E-state index in [1.54, 1.807) is 19.1 Å². The van der Waals surface area contributed by atoms with Crippen LogP contribution in [-0.4, -0.2) is 31.1 Å². The summed E-state index contributed by atoms with van der Waals surface area (Å²) in [5.41, 5.74) is 1.54. The number of H-pyrrole nitrogens is 1. The molecule has 0 bridgehead atoms. The highest BCUT2D eigenvalue weighted by Gasteiger charge is 2.12. The van der Waals surface area contributed by atoms with E-state index in [1.807, 2.05) is 0 Å². The first-order chi connectivity index (χ1) is 10.6. The maximum Gasteiger partial charge on any atom is 0.278 e. The topological polar surface area (TPSA) is 96.5 Å². The van der Waals surface area contributed by atoms with Crippen LogP contribution >= 0.6 is 0 Å². The van der Waals surface area contributed by atoms with Crippen LogP contribution in [0.3, 0.4) is 0 Å². The zero-order chi connectivity index (χ0) is 15.5. The summed E-state index contributed by atoms with van der Waals surface area (Å²) in [6, 6.07) is 5.76. The molecule has 22 heavy (non-hydrogen) atoms. The molecular weight excluding hydrogens is 287 g/mol. The standard InChI is InChI=1S/C14H11FN6O/c1-8-6-17-11(7-16-8)13(22)19-14-18-12(20-21-14)9-2-4-10(15)5-3-9/h2-7H,1H3,(H2,18,19,20,21,22). The summed E-state index contributed by atoms with van der Waals surface area (Å²) >= 11 is 0. The lowest BCUT2D eigenvalue weighted by Crippen LogP contribution is -2.15. The summed E-state index contributed by atoms with van der Waals surface area (Å²) in [6.45, 7) is 1.78. The Labute approximate surface area is 124 Å². The number of rotatable bonds is 3. The van der Waals surface area contributed by atoms with E-state index in [0.717, 1.165) is 0 Å². The van der Waals surface area contributed by atoms with Crippen LogP contribution in [0.25, 0.3) is 11.4 Å². The summed E-state index contributed by atoms with van der Waals surface area (Å²) in [5, 5.41) is 9.07. The van der Waals surface area contributed by atoms with Gasteiger partial charge in [-0.2, -0.15) is 4.98 Å². The summed E-state index contributed by atoms with van der Waals surface area (Å²) < 4.78 is 12.9. The SMILES string of the molecule is Cc1cnc(C(=O)Nc2n[nH]c(-c3ccc(F)cc3)n2)cn1. The molecule has 0 spiro atoms. The molecular formula is C14H11FN6O. The second kappa shape index (κ2) is 5.68. The number of nitrogens with one attached hydrogen (secondary N) is 2. The molecule has 0 fully saturated rings. The van der Waals surface area contributed by atoms with Gasteiger partial charge in [-0.1, -0.05) is 0 Å². The van der Waals surface area contributed by atoms with Crippen LogP contribution < -0.4 is 5.32 Å². The van der Waals surface area contributed by atoms with Crippen LogP contribution in [0.4, 0.5) is 10.3 Å². The van der Waals surface area contributed by atoms with Crippen LogP contribution in [0.2, 0.25) is 0 Å². The highest BCUT2D eigenvalue weighted by molar-refractivity contribution is 6.01. The molecule has 110 valence electrons. The Balaban J connectivity index is 1.75. The van der Waals surface area contributed by atoms with Crippen molar-refractivity contribution in [2.45, 2.75) is 6.92 Å². The number of aromatic amines is 1. The average molecular weight is 298 g/mol. The van der Waals surface area contributed by atoms with E-state index in [4.69, 9.17) is 0 Å². The molecule has 1 amide bonds. The van der Waals surface area contributed by atoms with Gasteiger partial charge in [0, 0.05) is 11.8 Å². The molecule has 0 aliphatic rings. The van der Waals surface area contributed by atoms with Crippen molar-refractivity contribution in [1.29, 1.82) is 0 Å². The number of carbonyl (C=O) groups excluding carboxylic acids is 1. The number of hydrogen-bond acceptors (Lipinski definition) is 5. The third-order valence-corrected chi connectivity index (χ3v) is 2.84. The zero-order valence-corrected chi connectivity index (χ0v) is 11.5. The van der Waals surface area contributed by atoms with Crippen molar-refractivity contribution >= 4 is 11.9 Å². The molecule has 2 heterocycles. The minimum atomic E-state index is -0.461. The van der Waals surface area contributed by atoms with Crippen molar-refractivity contribution < 1.29 is 9.18 Å². The van der Waals surface area contributed by atoms with Crippen LogP contribution in [0.5, 0.6) is 0 Å². The van der Waals surface area contributed by atoms with Gasteiger partial charge in [0.2, 0.25) is 5.95 Å². The lowest BCUT2D eigenvalue weighted by atomic mass is 10.2. The van der Waals surface area contributed by atoms with Crippen LogP contribution in [0.15, 0.2) is 36.7 Å². The van der Waals surface area contributed by atoms with Gasteiger partial charge < -0.3 is 0 Å². The fourth-order valence-electron chi connectivity index (χ4n) is 1.73. The first kappa shape index (κ1) is 13.8. The van der Waals surface area contributed by atoms with Gasteiger partial charge >= 0.3 is 0 Å². The predicted octanol–water partition coefficient (Wildman–Crippen LogP) is 1.96. The number of benzene rings is 1. The molecule has 3 aromatic rings. The van der Waals surface area contributed by atoms with Gasteiger partial charge in [-0.05, 0) is 31.2 Å². The van der Waals surface area contributed by atoms with E-state index in [-0.39, 0.29) is 17.5 Å². The second-order valence-electron chi connectivity index (χ2n) is 4.51. The van der Waals surface area contributed by atoms with Gasteiger partial charge in [0.15, 0.2) is 5.82 Å². The molecule has 0 saturated carbocycles. The maximum atomic E-state index is 12.9. The normalized spacial score (nSPS) is 10.5. The molecule has 2 aromatic heterocycles. The first-order valence-corrected chi connectivity index (χ1v) is 6.40. The zero-order valence-electron chi connectivity index (χ0n) is 11.5. The highest BCUT2D eigenvalue weighted by Crippen LogP contribution is 2.16. The molecule has 0 aliphatic carbocycles. The molecule has 7 nitrogen and oxygen atoms in total. The minimum absolute atomic E-state index is 0.103. The van der Waals surface area contributed by atoms with Crippen molar-refractivity contribution in [2.75, 3.05) is 5.32 Å². The number of amides is 1. The van der Waals surface area contributed by atoms with Gasteiger partial charge in [-0.15, -0.1) is 5.10 Å². The molecule has 0 atom stereocenters. The van der Waals surface area contributed by atoms with Gasteiger partial charge in [-0.25, -0.2) is 9.37 Å². The predicted molar refractivity (Wildman–Crippen MR) is 76.5 cm³/mol. The van der Waals surface area contributed by atoms with Gasteiger partial charge in [0.25, 0.3) is 5.91 Å². The van der Waals surface area contributed by atoms with E-state index in [9.17, 15) is 9.18 Å². The van der Waals surface area contributed by atoms with Gasteiger partial charge in [0.1, 0.15) is 11.5 Å². The fraction of sp³-hybridized carbons (Fsp3) is 0.0714. The van der Waals surface area contributed by atoms with Gasteiger partial charge in [0.05, 0.1) is 11.9 Å². The van der Waals surface area contributed by atoms with Crippen LogP contribution in [0.1, 0.15) is 16.2 Å². The lowest BCUT2D eigenvalue weighted by Gasteiger charge is -1.99. The Kier molecular flexibility index (Phi) is 3.57. The molecule has 0 radical (unpaired) electrons. The minimum Gasteiger partial charge on any atom is -0.288 e. The number of nitrogens with zero attached hydrogens (tertiary/aromatic N) is 4. The molecule has 0 saturated heterocycles. The molecule has 3 rings (SSSR count). The second-order valence-corrected chi connectivity index (χ2v) is 4.51. The number of halogens is 1. The Morgan fingerprint density at radius 3 is 2.64 bits per heavy atom. The Morgan fingerprint density at radius 1 is 1.18 bits per heavy atom. The summed E-state index contributed by atoms with van der Waals surface area (Å²) in [4.78, 5) is 24.0. The molecule has 0 unspecified atom stereocenters. The lowest BCUT2D eigenvalue weighted by molar-refractivity contribution is 0.102. The maximum absolute atomic E-state index is 12.9. The Morgan fingerprint density at radius 2 is 1.95 bits per heavy atom. The van der Waals surface area contributed by atoms with Crippen molar-refractivity contribution in [2.24, 2.45) is 0 Å². The fourth-order valence-corrected chi connectivity index (χ4v) is 1.73. The molecule has 1 aromatic carbocycles. The van der Waals surface area contributed by atoms with E-state index >= 15 is 0 Å². The number of hydrogen-bond donors (Lipinski definition) is 2. The van der Waals surface area contributed by atoms with E-state index in [2.05, 4.69) is 30.5 Å². The summed E-state index contributed by atoms with van der Waals surface area (Å²) in [7, 11) is 0. The largest absolute Gasteiger partial charge is 0.288 e. The number of aromatic nitrogens is 5. The number of carbonyl (C=O) groups is 1. The third-order valence-electron chi connectivity index (χ3n) is 2.84. The van der Waals surface area contributed by atoms with Crippen LogP contribution in [-0.2, 0) is 0 Å². The Hall–Kier alpha value is -3.16. The summed E-state index contributed by atoms with van der Waals surface area (Å²) in [5.74, 6) is -0.274. The third kappa shape index (κ3) is 2.95. The van der Waals surface area contributed by atoms with Crippen molar-refractivity contribution in [3.8, 4) is 11.4 Å². The monoisotopic (exact) mass is 298 g/mol. The van der Waals surface area contributed by atoms with E-state index in [0.29, 0.717) is 17.1 Å². The summed E-state index contributed by atoms with van der Waals surface area (Å²) in [6.07, 6.45) is 2.87. The van der Waals surface area contributed by atoms with E-state index < -0.39 is 5.91 Å². The van der Waals surface area contributed by atoms with Crippen molar-refractivity contribution in [3.63, 3.8) is 0 Å². The Bertz CT molecular complexity index is 797. The van der Waals surface area contributed by atoms with Gasteiger partial charge in [-0.3, -0.25) is 20.2 Å². The van der Waals surface area contributed by atoms with Crippen molar-refractivity contribution in [3.05, 3.63) is 53.9 Å². The molecule has 0 aliphatic heterocycles. The highest BCUT2D eigenvalue weighted by atomic mass is 19.1.